The first-order valence-corrected chi connectivity index (χ1v) is 56.5. The van der Waals surface area contributed by atoms with Crippen molar-refractivity contribution in [2.45, 2.75) is 510 Å². The predicted octanol–water partition coefficient (Wildman–Crippen LogP) is 19.8. The Kier molecular flexibility index (Phi) is 42.3. The molecular formula is C112H210N28. The third-order valence-corrected chi connectivity index (χ3v) is 30.2. The summed E-state index contributed by atoms with van der Waals surface area (Å²) in [5.41, 5.74) is 7.11. The molecule has 1 aromatic carbocycles. The van der Waals surface area contributed by atoms with E-state index in [1.807, 2.05) is 0 Å². The van der Waals surface area contributed by atoms with Crippen molar-refractivity contribution in [1.82, 2.24) is 91.5 Å². The highest BCUT2D eigenvalue weighted by molar-refractivity contribution is 5.51. The molecule has 6 aliphatic rings. The quantitative estimate of drug-likeness (QED) is 0.0184. The summed E-state index contributed by atoms with van der Waals surface area (Å²) in [5.74, 6) is 6.87. The number of hydrogen-bond acceptors (Lipinski definition) is 28. The second kappa shape index (κ2) is 51.1. The Bertz CT molecular complexity index is 3840. The molecule has 9 heterocycles. The van der Waals surface area contributed by atoms with Crippen molar-refractivity contribution in [2.24, 2.45) is 5.73 Å². The fraction of sp³-hybridized carbons (Fsp3) is 0.866. The van der Waals surface area contributed by atoms with Gasteiger partial charge in [0.05, 0.1) is 0 Å². The lowest BCUT2D eigenvalue weighted by Crippen LogP contribution is -2.63. The van der Waals surface area contributed by atoms with Crippen molar-refractivity contribution >= 4 is 53.5 Å². The van der Waals surface area contributed by atoms with Crippen molar-refractivity contribution in [3.63, 3.8) is 0 Å². The molecule has 798 valence electrons. The van der Waals surface area contributed by atoms with Gasteiger partial charge < -0.3 is 92.8 Å². The lowest BCUT2D eigenvalue weighted by molar-refractivity contribution is 0.156. The first-order valence-electron chi connectivity index (χ1n) is 56.5. The molecule has 0 atom stereocenters. The Morgan fingerprint density at radius 3 is 0.621 bits per heavy atom. The maximum absolute atomic E-state index is 6.42. The van der Waals surface area contributed by atoms with Crippen LogP contribution in [0.15, 0.2) is 30.3 Å². The van der Waals surface area contributed by atoms with Gasteiger partial charge in [-0.25, -0.2) is 0 Å². The molecule has 0 radical (unpaired) electrons. The number of benzene rings is 1. The van der Waals surface area contributed by atoms with E-state index in [0.29, 0.717) is 24.4 Å². The molecule has 0 amide bonds. The molecule has 28 heteroatoms. The van der Waals surface area contributed by atoms with Gasteiger partial charge in [0.1, 0.15) is 0 Å². The third-order valence-electron chi connectivity index (χ3n) is 30.2. The number of nitrogens with two attached hydrogens (primary N) is 1. The first-order chi connectivity index (χ1) is 65.8. The van der Waals surface area contributed by atoms with Crippen LogP contribution in [0, 0.1) is 0 Å². The Balaban J connectivity index is 0.931. The third kappa shape index (κ3) is 37.2. The zero-order chi connectivity index (χ0) is 102. The normalized spacial score (nSPS) is 21.1. The highest BCUT2D eigenvalue weighted by atomic mass is 15.4. The van der Waals surface area contributed by atoms with E-state index >= 15 is 0 Å². The molecule has 6 fully saturated rings. The number of nitrogens with one attached hydrogen (secondary N) is 9. The van der Waals surface area contributed by atoms with E-state index in [9.17, 15) is 0 Å². The number of hydrogen-bond donors (Lipinski definition) is 10. The molecule has 0 saturated carbocycles. The average molecular weight is 1950 g/mol. The maximum atomic E-state index is 6.42. The van der Waals surface area contributed by atoms with Gasteiger partial charge >= 0.3 is 0 Å². The van der Waals surface area contributed by atoms with Crippen LogP contribution in [0.25, 0.3) is 0 Å². The molecule has 4 aromatic rings. The number of unbranched alkanes of at least 4 members (excludes halogenated alkanes) is 6. The Morgan fingerprint density at radius 2 is 0.429 bits per heavy atom. The van der Waals surface area contributed by atoms with Crippen LogP contribution in [-0.2, 0) is 6.54 Å². The van der Waals surface area contributed by atoms with Gasteiger partial charge in [-0.15, -0.1) is 0 Å². The molecule has 11 N–H and O–H groups in total. The van der Waals surface area contributed by atoms with E-state index in [1.54, 1.807) is 0 Å². The van der Waals surface area contributed by atoms with Gasteiger partial charge in [-0.3, -0.25) is 4.90 Å². The van der Waals surface area contributed by atoms with Crippen molar-refractivity contribution in [2.75, 3.05) is 163 Å². The van der Waals surface area contributed by atoms with E-state index < -0.39 is 0 Å². The number of aromatic nitrogens is 9. The summed E-state index contributed by atoms with van der Waals surface area (Å²) in [4.78, 5) is 73.9. The van der Waals surface area contributed by atoms with Crippen LogP contribution >= 0.6 is 0 Å². The minimum atomic E-state index is -0.0611. The number of piperidine rings is 6. The molecule has 28 nitrogen and oxygen atoms in total. The van der Waals surface area contributed by atoms with Gasteiger partial charge in [0.15, 0.2) is 0 Å². The van der Waals surface area contributed by atoms with Gasteiger partial charge in [0, 0.05) is 168 Å². The van der Waals surface area contributed by atoms with Gasteiger partial charge in [-0.1, -0.05) is 110 Å². The van der Waals surface area contributed by atoms with Crippen LogP contribution in [0.2, 0.25) is 0 Å². The topological polar surface area (TPSA) is 279 Å². The monoisotopic (exact) mass is 1950 g/mol. The molecule has 6 aliphatic heterocycles. The standard InChI is InChI=1S/C112H210N28/c1-31-37-66-135(86-72-101(7,8)126-102(9,10)73-86)95-117-92(118-96(123-95)136(67-38-32-2)87-74-103(11,12)127-104(13,14)75-87)114-55-47-59-132(58-46-54-113)62-50-64-134(84-85-52-44-43-45-53-85)65-51-63-133(60-48-56-115-93-119-97(137(68-39-33-3)88-76-105(15,16)128-106(17,18)77-88)124-98(120-93)138(69-40-34-4)89-78-107(19,20)129-108(21,22)79-89)61-49-57-116-94-121-99(139(70-41-35-5)90-80-109(23,24)130-110(25,26)81-90)125-100(122-94)140(71-42-36-6)91-82-111(27,28)131-112(29,30)83-91/h43-45,52-53,86-91,126-131H,31-42,46-51,54-84,113H2,1-30H3,(H,114,117,118,123)(H,115,119,120,124)(H,116,121,122,125). The minimum absolute atomic E-state index is 0.0426. The van der Waals surface area contributed by atoms with Crippen LogP contribution in [0.4, 0.5) is 53.5 Å². The van der Waals surface area contributed by atoms with E-state index in [0.717, 1.165) is 346 Å². The number of nitrogens with zero attached hydrogens (tertiary/aromatic N) is 18. The van der Waals surface area contributed by atoms with Gasteiger partial charge in [-0.05, 0) is 385 Å². The van der Waals surface area contributed by atoms with E-state index in [1.165, 1.54) is 5.56 Å². The molecule has 0 bridgehead atoms. The van der Waals surface area contributed by atoms with Crippen molar-refractivity contribution < 1.29 is 0 Å². The van der Waals surface area contributed by atoms with Gasteiger partial charge in [0.2, 0.25) is 53.5 Å². The predicted molar refractivity (Wildman–Crippen MR) is 596 cm³/mol. The molecule has 0 unspecified atom stereocenters. The van der Waals surface area contributed by atoms with Gasteiger partial charge in [-0.2, -0.15) is 44.9 Å². The Hall–Kier alpha value is -5.95. The lowest BCUT2D eigenvalue weighted by atomic mass is 9.79. The lowest BCUT2D eigenvalue weighted by Gasteiger charge is -2.50. The first kappa shape index (κ1) is 116. The Morgan fingerprint density at radius 1 is 0.243 bits per heavy atom. The van der Waals surface area contributed by atoms with Crippen molar-refractivity contribution in [3.05, 3.63) is 35.9 Å². The van der Waals surface area contributed by atoms with Crippen LogP contribution in [-0.4, -0.2) is 280 Å². The summed E-state index contributed by atoms with van der Waals surface area (Å²) in [6.07, 6.45) is 30.7. The molecule has 140 heavy (non-hydrogen) atoms. The SMILES string of the molecule is CCCCN(c1nc(NCCCN(CCCN)CCCN(CCCN(CCCNc2nc(N(CCCC)C3CC(C)(C)NC(C)(C)C3)nc(N(CCCC)C3CC(C)(C)NC(C)(C)C3)n2)CCCNc2nc(N(CCCC)C3CC(C)(C)NC(C)(C)C3)nc(N(CCCC)C3CC(C)(C)NC(C)(C)C3)n2)Cc2ccccc2)nc(N(CCCC)C2CC(C)(C)NC(C)(C)C2)n1)C1CC(C)(C)NC(C)(C)C1. The molecule has 3 aromatic heterocycles. The molecule has 0 aliphatic carbocycles. The molecule has 10 rings (SSSR count). The smallest absolute Gasteiger partial charge is 0.232 e. The summed E-state index contributed by atoms with van der Waals surface area (Å²) in [5, 5.41) is 35.7. The van der Waals surface area contributed by atoms with E-state index in [-0.39, 0.29) is 103 Å². The summed E-state index contributed by atoms with van der Waals surface area (Å²) in [6, 6.07) is 12.8. The fourth-order valence-electron chi connectivity index (χ4n) is 26.3. The van der Waals surface area contributed by atoms with Crippen molar-refractivity contribution in [3.8, 4) is 0 Å². The summed E-state index contributed by atoms with van der Waals surface area (Å²) in [7, 11) is 0. The van der Waals surface area contributed by atoms with Crippen LogP contribution in [0.1, 0.15) is 406 Å². The molecule has 6 saturated heterocycles. The van der Waals surface area contributed by atoms with Crippen LogP contribution in [0.3, 0.4) is 0 Å². The van der Waals surface area contributed by atoms with E-state index in [2.05, 4.69) is 330 Å². The zero-order valence-electron chi connectivity index (χ0n) is 95.1. The minimum Gasteiger partial charge on any atom is -0.354 e. The molecule has 0 spiro atoms. The van der Waals surface area contributed by atoms with Crippen molar-refractivity contribution in [1.29, 1.82) is 0 Å². The maximum Gasteiger partial charge on any atom is 0.232 e. The average Bonchev–Trinajstić information content (AvgIpc) is 0.771. The van der Waals surface area contributed by atoms with E-state index in [4.69, 9.17) is 50.6 Å². The second-order valence-corrected chi connectivity index (χ2v) is 51.9. The summed E-state index contributed by atoms with van der Waals surface area (Å²) >= 11 is 0. The number of rotatable bonds is 58. The fourth-order valence-corrected chi connectivity index (χ4v) is 26.3. The highest BCUT2D eigenvalue weighted by Gasteiger charge is 2.49. The number of anilines is 9. The summed E-state index contributed by atoms with van der Waals surface area (Å²) in [6.45, 7) is 87.5. The largest absolute Gasteiger partial charge is 0.354 e. The zero-order valence-corrected chi connectivity index (χ0v) is 95.1. The Labute approximate surface area is 854 Å². The summed E-state index contributed by atoms with van der Waals surface area (Å²) < 4.78 is 0. The highest BCUT2D eigenvalue weighted by Crippen LogP contribution is 2.43. The van der Waals surface area contributed by atoms with Gasteiger partial charge in [0.25, 0.3) is 0 Å². The second-order valence-electron chi connectivity index (χ2n) is 51.9. The van der Waals surface area contributed by atoms with Crippen LogP contribution in [0.5, 0.6) is 0 Å². The molecular weight excluding hydrogens is 1740 g/mol. The van der Waals surface area contributed by atoms with Crippen LogP contribution < -0.4 is 83.0 Å².